The number of amides is 1. The summed E-state index contributed by atoms with van der Waals surface area (Å²) in [5.41, 5.74) is 0.446. The molecule has 2 rings (SSSR count). The van der Waals surface area contributed by atoms with Crippen molar-refractivity contribution in [2.75, 3.05) is 16.6 Å². The number of halogens is 2. The molecule has 0 radical (unpaired) electrons. The van der Waals surface area contributed by atoms with Gasteiger partial charge in [0.25, 0.3) is 10.0 Å². The summed E-state index contributed by atoms with van der Waals surface area (Å²) in [5.74, 6) is -0.103. The van der Waals surface area contributed by atoms with Crippen LogP contribution < -0.4 is 19.5 Å². The molecular formula is C22H28F2N2O5S. The summed E-state index contributed by atoms with van der Waals surface area (Å²) < 4.78 is 64.4. The van der Waals surface area contributed by atoms with E-state index >= 15 is 0 Å². The zero-order valence-electron chi connectivity index (χ0n) is 18.4. The fourth-order valence-electron chi connectivity index (χ4n) is 2.79. The van der Waals surface area contributed by atoms with E-state index in [0.29, 0.717) is 19.0 Å². The largest absolute Gasteiger partial charge is 0.492 e. The molecule has 2 N–H and O–H groups in total. The van der Waals surface area contributed by atoms with Crippen LogP contribution in [0.3, 0.4) is 0 Å². The Kier molecular flexibility index (Phi) is 8.43. The second-order valence-corrected chi connectivity index (χ2v) is 9.05. The maximum absolute atomic E-state index is 13.1. The molecule has 1 unspecified atom stereocenters. The van der Waals surface area contributed by atoms with Gasteiger partial charge in [-0.15, -0.1) is 0 Å². The first-order valence-corrected chi connectivity index (χ1v) is 11.7. The molecule has 1 atom stereocenters. The van der Waals surface area contributed by atoms with Gasteiger partial charge in [0.2, 0.25) is 5.91 Å². The zero-order chi connectivity index (χ0) is 23.9. The van der Waals surface area contributed by atoms with Crippen molar-refractivity contribution in [1.29, 1.82) is 0 Å². The molecular weight excluding hydrogens is 442 g/mol. The number of alkyl halides is 2. The third kappa shape index (κ3) is 7.67. The van der Waals surface area contributed by atoms with Gasteiger partial charge in [-0.1, -0.05) is 26.3 Å². The Bertz CT molecular complexity index is 1040. The molecule has 0 fully saturated rings. The number of carbonyl (C=O) groups excluding carboxylic acids is 1. The Balaban J connectivity index is 2.27. The maximum Gasteiger partial charge on any atom is 0.394 e. The van der Waals surface area contributed by atoms with E-state index in [4.69, 9.17) is 4.74 Å². The van der Waals surface area contributed by atoms with E-state index in [-0.39, 0.29) is 40.5 Å². The highest BCUT2D eigenvalue weighted by Gasteiger charge is 2.24. The summed E-state index contributed by atoms with van der Waals surface area (Å²) in [7, 11) is -4.13. The molecule has 2 aromatic carbocycles. The monoisotopic (exact) mass is 470 g/mol. The van der Waals surface area contributed by atoms with Crippen LogP contribution in [0.4, 0.5) is 20.2 Å². The predicted octanol–water partition coefficient (Wildman–Crippen LogP) is 5.25. The van der Waals surface area contributed by atoms with Crippen molar-refractivity contribution in [3.8, 4) is 11.5 Å². The van der Waals surface area contributed by atoms with Crippen LogP contribution in [0.5, 0.6) is 11.5 Å². The first-order chi connectivity index (χ1) is 14.9. The van der Waals surface area contributed by atoms with Crippen LogP contribution >= 0.6 is 0 Å². The van der Waals surface area contributed by atoms with E-state index in [2.05, 4.69) is 14.8 Å². The molecule has 0 aliphatic heterocycles. The molecule has 32 heavy (non-hydrogen) atoms. The van der Waals surface area contributed by atoms with Crippen molar-refractivity contribution in [2.45, 2.75) is 51.5 Å². The fourth-order valence-corrected chi connectivity index (χ4v) is 3.97. The number of hydrogen-bond acceptors (Lipinski definition) is 5. The maximum atomic E-state index is 13.1. The summed E-state index contributed by atoms with van der Waals surface area (Å²) in [6.07, 6.45) is -2.20. The third-order valence-corrected chi connectivity index (χ3v) is 5.85. The number of anilines is 2. The van der Waals surface area contributed by atoms with Gasteiger partial charge >= 0.3 is 6.11 Å². The van der Waals surface area contributed by atoms with Crippen molar-refractivity contribution in [3.05, 3.63) is 42.5 Å². The summed E-state index contributed by atoms with van der Waals surface area (Å²) in [6, 6.07) is 9.44. The molecule has 1 amide bonds. The summed E-state index contributed by atoms with van der Waals surface area (Å²) in [5, 5.41) is 2.74. The third-order valence-electron chi connectivity index (χ3n) is 4.43. The van der Waals surface area contributed by atoms with Crippen molar-refractivity contribution in [3.63, 3.8) is 0 Å². The number of ether oxygens (including phenoxy) is 2. The van der Waals surface area contributed by atoms with Gasteiger partial charge in [-0.2, -0.15) is 8.78 Å². The Morgan fingerprint density at radius 2 is 1.84 bits per heavy atom. The van der Waals surface area contributed by atoms with Crippen molar-refractivity contribution in [2.24, 2.45) is 5.92 Å². The van der Waals surface area contributed by atoms with Gasteiger partial charge in [-0.05, 0) is 37.1 Å². The molecule has 0 spiro atoms. The highest BCUT2D eigenvalue weighted by molar-refractivity contribution is 7.92. The summed E-state index contributed by atoms with van der Waals surface area (Å²) >= 11 is 0. The quantitative estimate of drug-likeness (QED) is 0.468. The van der Waals surface area contributed by atoms with Crippen LogP contribution in [0.25, 0.3) is 0 Å². The first-order valence-electron chi connectivity index (χ1n) is 10.2. The Hall–Kier alpha value is -2.88. The van der Waals surface area contributed by atoms with Gasteiger partial charge in [0.1, 0.15) is 16.4 Å². The molecule has 0 heterocycles. The Labute approximate surface area is 187 Å². The predicted molar refractivity (Wildman–Crippen MR) is 119 cm³/mol. The van der Waals surface area contributed by atoms with Gasteiger partial charge in [0, 0.05) is 31.2 Å². The lowest BCUT2D eigenvalue weighted by Gasteiger charge is -2.16. The van der Waals surface area contributed by atoms with Crippen LogP contribution in [0.15, 0.2) is 47.4 Å². The summed E-state index contributed by atoms with van der Waals surface area (Å²) in [4.78, 5) is 12.0. The first kappa shape index (κ1) is 25.4. The minimum atomic E-state index is -4.13. The minimum absolute atomic E-state index is 0.0418. The van der Waals surface area contributed by atoms with E-state index in [0.717, 1.165) is 12.5 Å². The molecule has 0 aliphatic rings. The van der Waals surface area contributed by atoms with Crippen molar-refractivity contribution in [1.82, 2.24) is 0 Å². The average Bonchev–Trinajstić information content (AvgIpc) is 2.66. The highest BCUT2D eigenvalue weighted by Crippen LogP contribution is 2.31. The van der Waals surface area contributed by atoms with Crippen LogP contribution in [0, 0.1) is 5.92 Å². The van der Waals surface area contributed by atoms with E-state index in [9.17, 15) is 22.0 Å². The topological polar surface area (TPSA) is 93.7 Å². The van der Waals surface area contributed by atoms with Crippen LogP contribution in [-0.2, 0) is 14.8 Å². The lowest BCUT2D eigenvalue weighted by molar-refractivity contribution is -0.158. The normalized spacial score (nSPS) is 12.7. The van der Waals surface area contributed by atoms with Crippen molar-refractivity contribution >= 4 is 27.3 Å². The number of rotatable bonds is 11. The van der Waals surface area contributed by atoms with Gasteiger partial charge < -0.3 is 14.8 Å². The molecule has 7 nitrogen and oxygen atoms in total. The Morgan fingerprint density at radius 3 is 2.47 bits per heavy atom. The second-order valence-electron chi connectivity index (χ2n) is 7.40. The summed E-state index contributed by atoms with van der Waals surface area (Å²) in [6.45, 7) is 6.44. The molecule has 0 aliphatic carbocycles. The number of hydrogen-bond donors (Lipinski definition) is 2. The Morgan fingerprint density at radius 1 is 1.12 bits per heavy atom. The van der Waals surface area contributed by atoms with Gasteiger partial charge in [-0.25, -0.2) is 8.42 Å². The molecule has 0 saturated carbocycles. The van der Waals surface area contributed by atoms with Crippen molar-refractivity contribution < 1.29 is 31.5 Å². The number of sulfonamides is 1. The van der Waals surface area contributed by atoms with E-state index in [1.54, 1.807) is 6.92 Å². The number of benzene rings is 2. The second kappa shape index (κ2) is 10.6. The highest BCUT2D eigenvalue weighted by atomic mass is 32.2. The van der Waals surface area contributed by atoms with E-state index in [1.165, 1.54) is 36.4 Å². The van der Waals surface area contributed by atoms with E-state index < -0.39 is 16.1 Å². The molecule has 0 bridgehead atoms. The fraction of sp³-hybridized carbons (Fsp3) is 0.409. The van der Waals surface area contributed by atoms with Gasteiger partial charge in [0.15, 0.2) is 0 Å². The zero-order valence-corrected chi connectivity index (χ0v) is 19.3. The minimum Gasteiger partial charge on any atom is -0.492 e. The number of carbonyl (C=O) groups is 1. The smallest absolute Gasteiger partial charge is 0.394 e. The molecule has 2 aromatic rings. The van der Waals surface area contributed by atoms with E-state index in [1.807, 2.05) is 13.8 Å². The number of nitrogens with one attached hydrogen (secondary N) is 2. The molecule has 0 saturated heterocycles. The van der Waals surface area contributed by atoms with Crippen LogP contribution in [0.2, 0.25) is 0 Å². The molecule has 0 aromatic heterocycles. The average molecular weight is 471 g/mol. The SMILES string of the molecule is CCOc1cc(NC(=O)CC(C)CC)ccc1S(=O)(=O)Nc1cccc(OC(C)(F)F)c1. The lowest BCUT2D eigenvalue weighted by Crippen LogP contribution is -2.19. The standard InChI is InChI=1S/C22H28F2N2O5S/c1-5-15(3)12-21(27)25-16-10-11-20(19(14-16)30-6-2)32(28,29)26-17-8-7-9-18(13-17)31-22(4,23)24/h7-11,13-15,26H,5-6,12H2,1-4H3,(H,25,27). The van der Waals surface area contributed by atoms with Gasteiger partial charge in [0.05, 0.1) is 12.3 Å². The molecule has 10 heteroatoms. The van der Waals surface area contributed by atoms with Gasteiger partial charge in [-0.3, -0.25) is 9.52 Å². The lowest BCUT2D eigenvalue weighted by atomic mass is 10.1. The molecule has 176 valence electrons. The van der Waals surface area contributed by atoms with Crippen LogP contribution in [-0.4, -0.2) is 27.0 Å². The van der Waals surface area contributed by atoms with Crippen LogP contribution in [0.1, 0.15) is 40.5 Å².